The van der Waals surface area contributed by atoms with Crippen molar-refractivity contribution in [1.82, 2.24) is 0 Å². The monoisotopic (exact) mass is 275 g/mol. The fourth-order valence-corrected chi connectivity index (χ4v) is 4.62. The summed E-state index contributed by atoms with van der Waals surface area (Å²) in [5, 5.41) is 11.2. The van der Waals surface area contributed by atoms with Crippen LogP contribution in [0.2, 0.25) is 0 Å². The van der Waals surface area contributed by atoms with Crippen molar-refractivity contribution < 1.29 is 9.41 Å². The molecule has 0 radical (unpaired) electrons. The quantitative estimate of drug-likeness (QED) is 0.478. The number of quaternary nitrogens is 1. The van der Waals surface area contributed by atoms with Gasteiger partial charge in [-0.1, -0.05) is 12.1 Å². The Kier molecular flexibility index (Phi) is 3.50. The van der Waals surface area contributed by atoms with Crippen LogP contribution < -0.4 is 0 Å². The maximum atomic E-state index is 11.2. The van der Waals surface area contributed by atoms with Crippen molar-refractivity contribution in [2.24, 2.45) is 0 Å². The van der Waals surface area contributed by atoms with Crippen molar-refractivity contribution >= 4 is 5.69 Å². The van der Waals surface area contributed by atoms with Gasteiger partial charge in [0, 0.05) is 18.9 Å². The molecule has 1 aromatic carbocycles. The standard InChI is InChI=1S/C16H23N2O2/c1-2-18(14-7-5-8-15(18)11-10-14)12-13-6-3-4-9-16(13)17(19)20/h3-4,6,9,14-15H,2,5,7-8,10-12H2,1H3/q+1. The summed E-state index contributed by atoms with van der Waals surface area (Å²) < 4.78 is 1.09. The summed E-state index contributed by atoms with van der Waals surface area (Å²) >= 11 is 0. The molecule has 2 saturated heterocycles. The maximum Gasteiger partial charge on any atom is 0.278 e. The normalized spacial score (nSPS) is 32.2. The number of nitrogens with zero attached hydrogens (tertiary/aromatic N) is 2. The molecule has 0 aliphatic carbocycles. The zero-order valence-electron chi connectivity index (χ0n) is 12.1. The second-order valence-electron chi connectivity index (χ2n) is 6.28. The van der Waals surface area contributed by atoms with E-state index >= 15 is 0 Å². The van der Waals surface area contributed by atoms with Crippen LogP contribution in [-0.2, 0) is 6.54 Å². The molecule has 0 N–H and O–H groups in total. The Bertz CT molecular complexity index is 499. The maximum absolute atomic E-state index is 11.2. The average Bonchev–Trinajstić information content (AvgIpc) is 2.65. The van der Waals surface area contributed by atoms with E-state index in [-0.39, 0.29) is 4.92 Å². The minimum atomic E-state index is -0.229. The summed E-state index contributed by atoms with van der Waals surface area (Å²) in [5.41, 5.74) is 1.21. The molecule has 4 nitrogen and oxygen atoms in total. The highest BCUT2D eigenvalue weighted by Gasteiger charge is 2.50. The lowest BCUT2D eigenvalue weighted by Gasteiger charge is -2.47. The molecule has 2 aliphatic rings. The first-order valence-electron chi connectivity index (χ1n) is 7.76. The Morgan fingerprint density at radius 1 is 1.20 bits per heavy atom. The van der Waals surface area contributed by atoms with E-state index in [0.717, 1.165) is 35.2 Å². The molecule has 0 amide bonds. The molecule has 0 spiro atoms. The van der Waals surface area contributed by atoms with Gasteiger partial charge in [-0.05, 0) is 32.3 Å². The van der Waals surface area contributed by atoms with Crippen LogP contribution in [0.3, 0.4) is 0 Å². The van der Waals surface area contributed by atoms with Gasteiger partial charge in [-0.2, -0.15) is 0 Å². The molecule has 2 unspecified atom stereocenters. The van der Waals surface area contributed by atoms with Crippen LogP contribution in [0.4, 0.5) is 5.69 Å². The molecular formula is C16H23N2O2+. The predicted molar refractivity (Wildman–Crippen MR) is 78.3 cm³/mol. The van der Waals surface area contributed by atoms with Crippen LogP contribution in [-0.4, -0.2) is 28.0 Å². The van der Waals surface area contributed by atoms with E-state index in [1.54, 1.807) is 12.1 Å². The molecule has 2 atom stereocenters. The Morgan fingerprint density at radius 3 is 2.45 bits per heavy atom. The molecule has 3 rings (SSSR count). The molecule has 1 aromatic rings. The fourth-order valence-electron chi connectivity index (χ4n) is 4.62. The van der Waals surface area contributed by atoms with Gasteiger partial charge in [-0.25, -0.2) is 0 Å². The van der Waals surface area contributed by atoms with Crippen molar-refractivity contribution in [2.75, 3.05) is 6.54 Å². The number of para-hydroxylation sites is 1. The number of piperidine rings is 1. The van der Waals surface area contributed by atoms with Crippen LogP contribution in [0, 0.1) is 10.1 Å². The zero-order chi connectivity index (χ0) is 14.2. The van der Waals surface area contributed by atoms with Crippen molar-refractivity contribution in [3.63, 3.8) is 0 Å². The van der Waals surface area contributed by atoms with Crippen LogP contribution in [0.15, 0.2) is 24.3 Å². The van der Waals surface area contributed by atoms with Crippen LogP contribution in [0.1, 0.15) is 44.6 Å². The number of fused-ring (bicyclic) bond motifs is 2. The lowest BCUT2D eigenvalue weighted by atomic mass is 9.96. The highest BCUT2D eigenvalue weighted by molar-refractivity contribution is 5.39. The van der Waals surface area contributed by atoms with Crippen molar-refractivity contribution in [1.29, 1.82) is 0 Å². The van der Waals surface area contributed by atoms with E-state index in [2.05, 4.69) is 6.92 Å². The van der Waals surface area contributed by atoms with Gasteiger partial charge in [0.1, 0.15) is 6.54 Å². The molecular weight excluding hydrogens is 252 g/mol. The summed E-state index contributed by atoms with van der Waals surface area (Å²) in [6, 6.07) is 8.73. The molecule has 2 fully saturated rings. The van der Waals surface area contributed by atoms with Gasteiger partial charge >= 0.3 is 0 Å². The highest BCUT2D eigenvalue weighted by Crippen LogP contribution is 2.44. The number of rotatable bonds is 4. The number of benzene rings is 1. The van der Waals surface area contributed by atoms with Gasteiger partial charge in [0.05, 0.1) is 29.1 Å². The molecule has 2 heterocycles. The molecule has 2 bridgehead atoms. The van der Waals surface area contributed by atoms with Gasteiger partial charge in [0.2, 0.25) is 0 Å². The summed E-state index contributed by atoms with van der Waals surface area (Å²) in [4.78, 5) is 11.0. The first-order chi connectivity index (χ1) is 9.67. The van der Waals surface area contributed by atoms with Gasteiger partial charge < -0.3 is 4.48 Å². The van der Waals surface area contributed by atoms with Crippen molar-refractivity contribution in [3.8, 4) is 0 Å². The number of hydrogen-bond acceptors (Lipinski definition) is 2. The van der Waals surface area contributed by atoms with E-state index in [4.69, 9.17) is 0 Å². The number of nitro groups is 1. The average molecular weight is 275 g/mol. The van der Waals surface area contributed by atoms with Crippen LogP contribution >= 0.6 is 0 Å². The number of nitro benzene ring substituents is 1. The van der Waals surface area contributed by atoms with E-state index in [9.17, 15) is 10.1 Å². The summed E-state index contributed by atoms with van der Waals surface area (Å²) in [6.07, 6.45) is 6.54. The second-order valence-corrected chi connectivity index (χ2v) is 6.28. The van der Waals surface area contributed by atoms with Crippen molar-refractivity contribution in [3.05, 3.63) is 39.9 Å². The summed E-state index contributed by atoms with van der Waals surface area (Å²) in [6.45, 7) is 4.19. The minimum absolute atomic E-state index is 0.229. The molecule has 0 aromatic heterocycles. The van der Waals surface area contributed by atoms with E-state index < -0.39 is 0 Å². The fraction of sp³-hybridized carbons (Fsp3) is 0.625. The van der Waals surface area contributed by atoms with Gasteiger partial charge in [0.25, 0.3) is 5.69 Å². The topological polar surface area (TPSA) is 43.1 Å². The predicted octanol–water partition coefficient (Wildman–Crippen LogP) is 3.65. The molecule has 2 aliphatic heterocycles. The molecule has 0 saturated carbocycles. The Hall–Kier alpha value is -1.42. The van der Waals surface area contributed by atoms with Gasteiger partial charge in [-0.15, -0.1) is 0 Å². The first kappa shape index (κ1) is 13.6. The van der Waals surface area contributed by atoms with E-state index in [1.807, 2.05) is 12.1 Å². The van der Waals surface area contributed by atoms with Gasteiger partial charge in [0.15, 0.2) is 0 Å². The second kappa shape index (κ2) is 5.17. The third-order valence-electron chi connectivity index (χ3n) is 5.60. The number of hydrogen-bond donors (Lipinski definition) is 0. The smallest absolute Gasteiger partial charge is 0.278 e. The Morgan fingerprint density at radius 2 is 1.85 bits per heavy atom. The highest BCUT2D eigenvalue weighted by atomic mass is 16.6. The Balaban J connectivity index is 1.95. The molecule has 4 heteroatoms. The lowest BCUT2D eigenvalue weighted by Crippen LogP contribution is -2.57. The van der Waals surface area contributed by atoms with Gasteiger partial charge in [-0.3, -0.25) is 10.1 Å². The van der Waals surface area contributed by atoms with Crippen LogP contribution in [0.25, 0.3) is 0 Å². The van der Waals surface area contributed by atoms with E-state index in [0.29, 0.717) is 5.69 Å². The Labute approximate surface area is 120 Å². The minimum Gasteiger partial charge on any atom is -0.315 e. The zero-order valence-corrected chi connectivity index (χ0v) is 12.1. The summed E-state index contributed by atoms with van der Waals surface area (Å²) in [5.74, 6) is 0. The first-order valence-corrected chi connectivity index (χ1v) is 7.76. The largest absolute Gasteiger partial charge is 0.315 e. The SMILES string of the molecule is CC[N+]1(Cc2ccccc2[N+](=O)[O-])C2CCCC1CC2. The van der Waals surface area contributed by atoms with Crippen LogP contribution in [0.5, 0.6) is 0 Å². The van der Waals surface area contributed by atoms with E-state index in [1.165, 1.54) is 32.1 Å². The summed E-state index contributed by atoms with van der Waals surface area (Å²) in [7, 11) is 0. The third-order valence-corrected chi connectivity index (χ3v) is 5.60. The lowest BCUT2D eigenvalue weighted by molar-refractivity contribution is -0.976. The molecule has 108 valence electrons. The third kappa shape index (κ3) is 2.03. The molecule has 20 heavy (non-hydrogen) atoms. The van der Waals surface area contributed by atoms with Crippen molar-refractivity contribution in [2.45, 2.75) is 57.7 Å².